The Labute approximate surface area is 181 Å². The van der Waals surface area contributed by atoms with E-state index in [4.69, 9.17) is 0 Å². The quantitative estimate of drug-likeness (QED) is 0.453. The second-order valence-electron chi connectivity index (χ2n) is 7.74. The zero-order valence-corrected chi connectivity index (χ0v) is 17.9. The molecule has 0 saturated carbocycles. The largest absolute Gasteiger partial charge is 0.346 e. The summed E-state index contributed by atoms with van der Waals surface area (Å²) in [6.07, 6.45) is 9.04. The van der Waals surface area contributed by atoms with Crippen molar-refractivity contribution < 1.29 is 4.79 Å². The number of hydrogen-bond acceptors (Lipinski definition) is 4. The van der Waals surface area contributed by atoms with Crippen LogP contribution < -0.4 is 5.32 Å². The van der Waals surface area contributed by atoms with Crippen LogP contribution in [0.4, 0.5) is 5.69 Å². The minimum atomic E-state index is -0.145. The van der Waals surface area contributed by atoms with E-state index >= 15 is 0 Å². The number of rotatable bonds is 6. The molecule has 0 saturated heterocycles. The topological polar surface area (TPSA) is 73.9 Å². The van der Waals surface area contributed by atoms with Crippen molar-refractivity contribution in [1.82, 2.24) is 19.9 Å². The lowest BCUT2D eigenvalue weighted by Crippen LogP contribution is -2.12. The van der Waals surface area contributed by atoms with Crippen molar-refractivity contribution in [2.75, 3.05) is 26.0 Å². The van der Waals surface area contributed by atoms with Crippen LogP contribution in [0.25, 0.3) is 33.3 Å². The van der Waals surface area contributed by atoms with Gasteiger partial charge in [0.2, 0.25) is 5.91 Å². The molecule has 0 unspecified atom stereocenters. The van der Waals surface area contributed by atoms with Crippen molar-refractivity contribution in [3.8, 4) is 22.3 Å². The summed E-state index contributed by atoms with van der Waals surface area (Å²) in [4.78, 5) is 26.3. The first-order chi connectivity index (χ1) is 15.0. The van der Waals surface area contributed by atoms with E-state index in [0.717, 1.165) is 51.2 Å². The van der Waals surface area contributed by atoms with Crippen molar-refractivity contribution >= 4 is 22.6 Å². The fourth-order valence-corrected chi connectivity index (χ4v) is 3.44. The number of H-pyrrole nitrogens is 1. The maximum Gasteiger partial charge on any atom is 0.248 e. The third-order valence-electron chi connectivity index (χ3n) is 4.94. The highest BCUT2D eigenvalue weighted by atomic mass is 16.1. The van der Waals surface area contributed by atoms with Crippen LogP contribution in [-0.4, -0.2) is 46.4 Å². The number of amides is 1. The second kappa shape index (κ2) is 8.93. The SMILES string of the molecule is Cc1cc(-c2c[nH]c3ncc(-c4cccc(NC(=O)/C=C/CN(C)C)c4)cc23)ccn1. The van der Waals surface area contributed by atoms with Gasteiger partial charge in [-0.1, -0.05) is 18.2 Å². The number of hydrogen-bond donors (Lipinski definition) is 2. The van der Waals surface area contributed by atoms with E-state index < -0.39 is 0 Å². The minimum absolute atomic E-state index is 0.145. The van der Waals surface area contributed by atoms with Crippen LogP contribution in [0.15, 0.2) is 73.2 Å². The molecule has 0 aliphatic heterocycles. The second-order valence-corrected chi connectivity index (χ2v) is 7.74. The average Bonchev–Trinajstić information content (AvgIpc) is 3.17. The molecule has 156 valence electrons. The number of aromatic amines is 1. The molecule has 4 aromatic rings. The number of likely N-dealkylation sites (N-methyl/N-ethyl adjacent to an activating group) is 1. The van der Waals surface area contributed by atoms with Gasteiger partial charge in [-0.05, 0) is 62.5 Å². The highest BCUT2D eigenvalue weighted by molar-refractivity contribution is 6.00. The number of aryl methyl sites for hydroxylation is 1. The molecule has 1 amide bonds. The number of anilines is 1. The number of pyridine rings is 2. The summed E-state index contributed by atoms with van der Waals surface area (Å²) in [5, 5.41) is 3.97. The zero-order valence-electron chi connectivity index (χ0n) is 17.9. The molecule has 6 heteroatoms. The van der Waals surface area contributed by atoms with Gasteiger partial charge < -0.3 is 15.2 Å². The third-order valence-corrected chi connectivity index (χ3v) is 4.94. The number of benzene rings is 1. The van der Waals surface area contributed by atoms with E-state index in [1.54, 1.807) is 6.08 Å². The number of aromatic nitrogens is 3. The molecule has 1 aromatic carbocycles. The van der Waals surface area contributed by atoms with Gasteiger partial charge >= 0.3 is 0 Å². The van der Waals surface area contributed by atoms with Gasteiger partial charge in [-0.25, -0.2) is 4.98 Å². The molecule has 0 radical (unpaired) electrons. The van der Waals surface area contributed by atoms with Crippen LogP contribution in [0.1, 0.15) is 5.69 Å². The summed E-state index contributed by atoms with van der Waals surface area (Å²) in [7, 11) is 3.92. The Morgan fingerprint density at radius 2 is 1.97 bits per heavy atom. The first-order valence-corrected chi connectivity index (χ1v) is 10.1. The van der Waals surface area contributed by atoms with E-state index in [-0.39, 0.29) is 5.91 Å². The molecule has 4 rings (SSSR count). The monoisotopic (exact) mass is 411 g/mol. The molecule has 0 aliphatic carbocycles. The first-order valence-electron chi connectivity index (χ1n) is 10.1. The molecule has 0 aliphatic rings. The first kappa shape index (κ1) is 20.5. The summed E-state index contributed by atoms with van der Waals surface area (Å²) >= 11 is 0. The predicted octanol–water partition coefficient (Wildman–Crippen LogP) is 4.66. The van der Waals surface area contributed by atoms with Gasteiger partial charge in [-0.2, -0.15) is 0 Å². The van der Waals surface area contributed by atoms with Crippen LogP contribution in [0.3, 0.4) is 0 Å². The molecule has 3 heterocycles. The number of fused-ring (bicyclic) bond motifs is 1. The summed E-state index contributed by atoms with van der Waals surface area (Å²) in [5.74, 6) is -0.145. The predicted molar refractivity (Wildman–Crippen MR) is 126 cm³/mol. The van der Waals surface area contributed by atoms with Crippen LogP contribution in [0, 0.1) is 6.92 Å². The van der Waals surface area contributed by atoms with E-state index in [1.165, 1.54) is 0 Å². The number of carbonyl (C=O) groups excluding carboxylic acids is 1. The molecule has 2 N–H and O–H groups in total. The minimum Gasteiger partial charge on any atom is -0.346 e. The maximum atomic E-state index is 12.2. The normalized spacial score (nSPS) is 11.5. The van der Waals surface area contributed by atoms with E-state index in [2.05, 4.69) is 32.4 Å². The molecular weight excluding hydrogens is 386 g/mol. The van der Waals surface area contributed by atoms with Crippen molar-refractivity contribution in [1.29, 1.82) is 0 Å². The Morgan fingerprint density at radius 1 is 1.10 bits per heavy atom. The lowest BCUT2D eigenvalue weighted by Gasteiger charge is -2.08. The molecule has 0 atom stereocenters. The third kappa shape index (κ3) is 4.87. The summed E-state index contributed by atoms with van der Waals surface area (Å²) in [6, 6.07) is 14.0. The van der Waals surface area contributed by atoms with Gasteiger partial charge in [-0.15, -0.1) is 0 Å². The van der Waals surface area contributed by atoms with Gasteiger partial charge in [0.15, 0.2) is 0 Å². The average molecular weight is 412 g/mol. The Bertz CT molecular complexity index is 1260. The molecule has 3 aromatic heterocycles. The Balaban J connectivity index is 1.62. The van der Waals surface area contributed by atoms with E-state index in [9.17, 15) is 4.79 Å². The Morgan fingerprint density at radius 3 is 2.77 bits per heavy atom. The Hall–Kier alpha value is -3.77. The molecule has 31 heavy (non-hydrogen) atoms. The number of nitrogens with one attached hydrogen (secondary N) is 2. The smallest absolute Gasteiger partial charge is 0.248 e. The van der Waals surface area contributed by atoms with Crippen molar-refractivity contribution in [2.24, 2.45) is 0 Å². The standard InChI is InChI=1S/C25H25N5O/c1-17-12-19(9-10-26-17)23-16-28-25-22(23)14-20(15-27-25)18-6-4-7-21(13-18)29-24(31)8-5-11-30(2)3/h4-10,12-16H,11H2,1-3H3,(H,27,28)(H,29,31)/b8-5+. The van der Waals surface area contributed by atoms with Crippen molar-refractivity contribution in [2.45, 2.75) is 6.92 Å². The van der Waals surface area contributed by atoms with Gasteiger partial charge in [0, 0.05) is 59.1 Å². The zero-order chi connectivity index (χ0) is 21.8. The molecule has 0 fully saturated rings. The van der Waals surface area contributed by atoms with Gasteiger partial charge in [0.05, 0.1) is 0 Å². The number of nitrogens with zero attached hydrogens (tertiary/aromatic N) is 3. The van der Waals surface area contributed by atoms with Crippen LogP contribution in [-0.2, 0) is 4.79 Å². The summed E-state index contributed by atoms with van der Waals surface area (Å²) in [6.45, 7) is 2.70. The van der Waals surface area contributed by atoms with Crippen molar-refractivity contribution in [3.63, 3.8) is 0 Å². The molecule has 0 spiro atoms. The van der Waals surface area contributed by atoms with E-state index in [0.29, 0.717) is 0 Å². The van der Waals surface area contributed by atoms with Crippen molar-refractivity contribution in [3.05, 3.63) is 78.9 Å². The van der Waals surface area contributed by atoms with Crippen LogP contribution in [0.2, 0.25) is 0 Å². The lowest BCUT2D eigenvalue weighted by molar-refractivity contribution is -0.111. The lowest BCUT2D eigenvalue weighted by atomic mass is 10.0. The summed E-state index contributed by atoms with van der Waals surface area (Å²) < 4.78 is 0. The molecular formula is C25H25N5O. The van der Waals surface area contributed by atoms with E-state index in [1.807, 2.05) is 80.9 Å². The van der Waals surface area contributed by atoms with Gasteiger partial charge in [-0.3, -0.25) is 9.78 Å². The fourth-order valence-electron chi connectivity index (χ4n) is 3.44. The fraction of sp³-hybridized carbons (Fsp3) is 0.160. The molecule has 6 nitrogen and oxygen atoms in total. The highest BCUT2D eigenvalue weighted by Gasteiger charge is 2.10. The van der Waals surface area contributed by atoms with Gasteiger partial charge in [0.25, 0.3) is 0 Å². The summed E-state index contributed by atoms with van der Waals surface area (Å²) in [5.41, 5.74) is 6.72. The van der Waals surface area contributed by atoms with Crippen LogP contribution >= 0.6 is 0 Å². The maximum absolute atomic E-state index is 12.2. The highest BCUT2D eigenvalue weighted by Crippen LogP contribution is 2.31. The van der Waals surface area contributed by atoms with Crippen LogP contribution in [0.5, 0.6) is 0 Å². The molecule has 0 bridgehead atoms. The van der Waals surface area contributed by atoms with Gasteiger partial charge in [0.1, 0.15) is 5.65 Å². The number of carbonyl (C=O) groups is 1. The Kier molecular flexibility index (Phi) is 5.91.